The molecule has 0 saturated carbocycles. The number of amides is 1. The van der Waals surface area contributed by atoms with E-state index in [9.17, 15) is 4.79 Å². The molecule has 0 fully saturated rings. The molecule has 0 unspecified atom stereocenters. The van der Waals surface area contributed by atoms with Gasteiger partial charge >= 0.3 is 0 Å². The van der Waals surface area contributed by atoms with Crippen molar-refractivity contribution in [2.45, 2.75) is 53.2 Å². The fraction of sp³-hybridized carbons (Fsp3) is 0.643. The Bertz CT molecular complexity index is 498. The van der Waals surface area contributed by atoms with Crippen LogP contribution in [0.2, 0.25) is 0 Å². The zero-order valence-corrected chi connectivity index (χ0v) is 12.7. The van der Waals surface area contributed by atoms with Crippen LogP contribution in [0.5, 0.6) is 0 Å². The molecule has 20 heavy (non-hydrogen) atoms. The van der Waals surface area contributed by atoms with E-state index in [4.69, 9.17) is 5.26 Å². The minimum atomic E-state index is -0.116. The lowest BCUT2D eigenvalue weighted by molar-refractivity contribution is -0.121. The third-order valence-electron chi connectivity index (χ3n) is 3.07. The van der Waals surface area contributed by atoms with E-state index in [1.807, 2.05) is 19.9 Å². The third kappa shape index (κ3) is 4.67. The van der Waals surface area contributed by atoms with Crippen LogP contribution in [0, 0.1) is 25.2 Å². The minimum Gasteiger partial charge on any atom is -0.353 e. The van der Waals surface area contributed by atoms with Crippen LogP contribution in [0.1, 0.15) is 37.2 Å². The first-order chi connectivity index (χ1) is 9.45. The zero-order chi connectivity index (χ0) is 15.1. The Labute approximate surface area is 120 Å². The molecule has 0 aromatic carbocycles. The van der Waals surface area contributed by atoms with Crippen LogP contribution in [0.15, 0.2) is 0 Å². The number of nitrogens with one attached hydrogen (secondary N) is 2. The summed E-state index contributed by atoms with van der Waals surface area (Å²) in [7, 11) is 0. The fourth-order valence-corrected chi connectivity index (χ4v) is 1.90. The normalized spacial score (nSPS) is 10.6. The van der Waals surface area contributed by atoms with Gasteiger partial charge in [-0.15, -0.1) is 0 Å². The SMILES string of the molecule is Cc1nn(CC(=O)NCCC#N)c(C)c1CNC(C)C. The average Bonchev–Trinajstić information content (AvgIpc) is 2.62. The molecule has 0 saturated heterocycles. The second-order valence-corrected chi connectivity index (χ2v) is 5.10. The Hall–Kier alpha value is -1.87. The number of nitrogens with zero attached hydrogens (tertiary/aromatic N) is 3. The van der Waals surface area contributed by atoms with Crippen molar-refractivity contribution in [2.75, 3.05) is 6.54 Å². The summed E-state index contributed by atoms with van der Waals surface area (Å²) < 4.78 is 1.72. The van der Waals surface area contributed by atoms with E-state index >= 15 is 0 Å². The van der Waals surface area contributed by atoms with E-state index < -0.39 is 0 Å². The quantitative estimate of drug-likeness (QED) is 0.729. The van der Waals surface area contributed by atoms with Crippen molar-refractivity contribution in [2.24, 2.45) is 0 Å². The molecule has 0 aliphatic heterocycles. The number of hydrogen-bond acceptors (Lipinski definition) is 4. The van der Waals surface area contributed by atoms with Crippen molar-refractivity contribution >= 4 is 5.91 Å². The van der Waals surface area contributed by atoms with E-state index in [1.165, 1.54) is 0 Å². The highest BCUT2D eigenvalue weighted by atomic mass is 16.2. The van der Waals surface area contributed by atoms with Crippen molar-refractivity contribution in [3.05, 3.63) is 17.0 Å². The molecule has 1 heterocycles. The molecular formula is C14H23N5O. The lowest BCUT2D eigenvalue weighted by atomic mass is 10.2. The Morgan fingerprint density at radius 2 is 2.15 bits per heavy atom. The monoisotopic (exact) mass is 277 g/mol. The van der Waals surface area contributed by atoms with Gasteiger partial charge in [0.25, 0.3) is 0 Å². The smallest absolute Gasteiger partial charge is 0.241 e. The van der Waals surface area contributed by atoms with E-state index in [1.54, 1.807) is 4.68 Å². The predicted molar refractivity (Wildman–Crippen MR) is 76.9 cm³/mol. The topological polar surface area (TPSA) is 82.7 Å². The van der Waals surface area contributed by atoms with Crippen LogP contribution in [-0.4, -0.2) is 28.3 Å². The summed E-state index contributed by atoms with van der Waals surface area (Å²) in [6.45, 7) is 9.45. The molecule has 0 spiro atoms. The van der Waals surface area contributed by atoms with E-state index in [0.717, 1.165) is 23.5 Å². The van der Waals surface area contributed by atoms with E-state index in [-0.39, 0.29) is 12.5 Å². The standard InChI is InChI=1S/C14H23N5O/c1-10(2)17-8-13-11(3)18-19(12(13)4)9-14(20)16-7-5-6-15/h10,17H,5,7-9H2,1-4H3,(H,16,20). The number of nitriles is 1. The molecule has 0 bridgehead atoms. The van der Waals surface area contributed by atoms with Crippen LogP contribution in [-0.2, 0) is 17.9 Å². The molecule has 1 aromatic heterocycles. The van der Waals surface area contributed by atoms with E-state index in [0.29, 0.717) is 19.0 Å². The van der Waals surface area contributed by atoms with Crippen molar-refractivity contribution in [1.82, 2.24) is 20.4 Å². The van der Waals surface area contributed by atoms with Gasteiger partial charge in [-0.25, -0.2) is 0 Å². The Morgan fingerprint density at radius 3 is 2.75 bits per heavy atom. The maximum atomic E-state index is 11.7. The maximum absolute atomic E-state index is 11.7. The Balaban J connectivity index is 2.65. The predicted octanol–water partition coefficient (Wildman–Crippen LogP) is 1.03. The number of carbonyl (C=O) groups excluding carboxylic acids is 1. The van der Waals surface area contributed by atoms with Crippen molar-refractivity contribution in [1.29, 1.82) is 5.26 Å². The van der Waals surface area contributed by atoms with Gasteiger partial charge < -0.3 is 10.6 Å². The van der Waals surface area contributed by atoms with Gasteiger partial charge in [0.05, 0.1) is 18.2 Å². The highest BCUT2D eigenvalue weighted by Gasteiger charge is 2.13. The first-order valence-corrected chi connectivity index (χ1v) is 6.85. The minimum absolute atomic E-state index is 0.116. The highest BCUT2D eigenvalue weighted by Crippen LogP contribution is 2.12. The van der Waals surface area contributed by atoms with Crippen molar-refractivity contribution in [3.63, 3.8) is 0 Å². The summed E-state index contributed by atoms with van der Waals surface area (Å²) in [6.07, 6.45) is 0.326. The molecule has 6 heteroatoms. The summed E-state index contributed by atoms with van der Waals surface area (Å²) in [5, 5.41) is 18.9. The first-order valence-electron chi connectivity index (χ1n) is 6.85. The maximum Gasteiger partial charge on any atom is 0.241 e. The van der Waals surface area contributed by atoms with Gasteiger partial charge in [0.15, 0.2) is 0 Å². The Morgan fingerprint density at radius 1 is 1.45 bits per heavy atom. The number of aromatic nitrogens is 2. The molecule has 1 amide bonds. The molecule has 0 aliphatic rings. The molecule has 0 radical (unpaired) electrons. The van der Waals surface area contributed by atoms with Gasteiger partial charge in [-0.3, -0.25) is 9.48 Å². The van der Waals surface area contributed by atoms with Gasteiger partial charge in [-0.1, -0.05) is 13.8 Å². The van der Waals surface area contributed by atoms with Gasteiger partial charge in [-0.2, -0.15) is 10.4 Å². The number of hydrogen-bond donors (Lipinski definition) is 2. The van der Waals surface area contributed by atoms with Gasteiger partial charge in [0.1, 0.15) is 6.54 Å². The van der Waals surface area contributed by atoms with Crippen LogP contribution in [0.25, 0.3) is 0 Å². The van der Waals surface area contributed by atoms with Crippen LogP contribution < -0.4 is 10.6 Å². The van der Waals surface area contributed by atoms with Gasteiger partial charge in [0.2, 0.25) is 5.91 Å². The number of carbonyl (C=O) groups is 1. The lowest BCUT2D eigenvalue weighted by Crippen LogP contribution is -2.29. The summed E-state index contributed by atoms with van der Waals surface area (Å²) >= 11 is 0. The summed E-state index contributed by atoms with van der Waals surface area (Å²) in [5.41, 5.74) is 3.09. The Kier molecular flexibility index (Phi) is 6.19. The molecule has 2 N–H and O–H groups in total. The van der Waals surface area contributed by atoms with Crippen LogP contribution >= 0.6 is 0 Å². The highest BCUT2D eigenvalue weighted by molar-refractivity contribution is 5.75. The first kappa shape index (κ1) is 16.2. The molecule has 110 valence electrons. The number of rotatable bonds is 7. The summed E-state index contributed by atoms with van der Waals surface area (Å²) in [4.78, 5) is 11.7. The molecule has 0 aliphatic carbocycles. The third-order valence-corrected chi connectivity index (χ3v) is 3.07. The van der Waals surface area contributed by atoms with Crippen molar-refractivity contribution < 1.29 is 4.79 Å². The van der Waals surface area contributed by atoms with Gasteiger partial charge in [-0.05, 0) is 13.8 Å². The second kappa shape index (κ2) is 7.65. The fourth-order valence-electron chi connectivity index (χ4n) is 1.90. The van der Waals surface area contributed by atoms with Crippen LogP contribution in [0.3, 0.4) is 0 Å². The summed E-state index contributed by atoms with van der Waals surface area (Å²) in [5.74, 6) is -0.116. The average molecular weight is 277 g/mol. The number of aryl methyl sites for hydroxylation is 1. The van der Waals surface area contributed by atoms with Crippen LogP contribution in [0.4, 0.5) is 0 Å². The van der Waals surface area contributed by atoms with Crippen molar-refractivity contribution in [3.8, 4) is 6.07 Å². The second-order valence-electron chi connectivity index (χ2n) is 5.10. The molecule has 1 rings (SSSR count). The molecule has 1 aromatic rings. The van der Waals surface area contributed by atoms with Gasteiger partial charge in [0, 0.05) is 30.4 Å². The summed E-state index contributed by atoms with van der Waals surface area (Å²) in [6, 6.07) is 2.40. The molecule has 0 atom stereocenters. The molecular weight excluding hydrogens is 254 g/mol. The van der Waals surface area contributed by atoms with E-state index in [2.05, 4.69) is 29.6 Å². The lowest BCUT2D eigenvalue weighted by Gasteiger charge is -2.09. The largest absolute Gasteiger partial charge is 0.353 e. The zero-order valence-electron chi connectivity index (χ0n) is 12.7. The molecule has 6 nitrogen and oxygen atoms in total.